The molecule has 0 aromatic heterocycles. The van der Waals surface area contributed by atoms with Crippen molar-refractivity contribution in [2.75, 3.05) is 19.8 Å². The molecule has 1 aliphatic heterocycles. The maximum absolute atomic E-state index is 12.0. The molecule has 0 spiro atoms. The van der Waals surface area contributed by atoms with Crippen molar-refractivity contribution in [1.82, 2.24) is 10.6 Å². The highest BCUT2D eigenvalue weighted by Gasteiger charge is 2.17. The minimum Gasteiger partial charge on any atom is -0.489 e. The number of ether oxygens (including phenoxy) is 3. The molecular weight excluding hydrogens is 372 g/mol. The van der Waals surface area contributed by atoms with E-state index in [4.69, 9.17) is 25.8 Å². The number of amides is 2. The monoisotopic (exact) mass is 398 g/mol. The van der Waals surface area contributed by atoms with Crippen molar-refractivity contribution in [1.29, 1.82) is 0 Å². The minimum absolute atomic E-state index is 0.107. The first-order valence-corrected chi connectivity index (χ1v) is 9.44. The second kappa shape index (κ2) is 9.69. The molecule has 27 heavy (non-hydrogen) atoms. The van der Waals surface area contributed by atoms with Gasteiger partial charge in [0.1, 0.15) is 5.60 Å². The molecule has 0 bridgehead atoms. The van der Waals surface area contributed by atoms with Crippen LogP contribution >= 0.6 is 11.6 Å². The Morgan fingerprint density at radius 2 is 1.93 bits per heavy atom. The second-order valence-electron chi connectivity index (χ2n) is 7.26. The fourth-order valence-electron chi connectivity index (χ4n) is 2.43. The molecule has 2 N–H and O–H groups in total. The maximum Gasteiger partial charge on any atom is 0.407 e. The van der Waals surface area contributed by atoms with Crippen LogP contribution in [0.3, 0.4) is 0 Å². The van der Waals surface area contributed by atoms with Crippen molar-refractivity contribution in [3.05, 3.63) is 22.7 Å². The Kier molecular flexibility index (Phi) is 7.59. The number of halogens is 1. The van der Waals surface area contributed by atoms with Gasteiger partial charge in [0, 0.05) is 25.9 Å². The summed E-state index contributed by atoms with van der Waals surface area (Å²) in [6.45, 7) is 7.25. The molecule has 0 fully saturated rings. The summed E-state index contributed by atoms with van der Waals surface area (Å²) >= 11 is 6.24. The molecule has 0 radical (unpaired) electrons. The third-order valence-corrected chi connectivity index (χ3v) is 3.88. The maximum atomic E-state index is 12.0. The van der Waals surface area contributed by atoms with Crippen LogP contribution in [0.4, 0.5) is 4.79 Å². The molecule has 1 aromatic carbocycles. The van der Waals surface area contributed by atoms with Crippen LogP contribution in [0.5, 0.6) is 11.5 Å². The zero-order valence-electron chi connectivity index (χ0n) is 16.0. The van der Waals surface area contributed by atoms with Gasteiger partial charge in [0.05, 0.1) is 18.2 Å². The summed E-state index contributed by atoms with van der Waals surface area (Å²) in [5, 5.41) is 5.94. The molecule has 1 heterocycles. The van der Waals surface area contributed by atoms with E-state index in [1.807, 2.05) is 6.07 Å². The third kappa shape index (κ3) is 7.54. The highest BCUT2D eigenvalue weighted by Crippen LogP contribution is 2.37. The Morgan fingerprint density at radius 3 is 2.67 bits per heavy atom. The normalized spacial score (nSPS) is 13.5. The fraction of sp³-hybridized carbons (Fsp3) is 0.579. The molecule has 0 saturated carbocycles. The Hall–Kier alpha value is -2.15. The number of benzene rings is 1. The first-order chi connectivity index (χ1) is 12.7. The van der Waals surface area contributed by atoms with Gasteiger partial charge in [-0.05, 0) is 44.9 Å². The van der Waals surface area contributed by atoms with Crippen LogP contribution in [-0.2, 0) is 16.1 Å². The lowest BCUT2D eigenvalue weighted by molar-refractivity contribution is -0.121. The standard InChI is InChI=1S/C19H27ClN2O5/c1-19(2,3)27-18(24)21-7-4-6-16(23)22-12-13-10-14(20)17-15(11-13)25-8-5-9-26-17/h10-11H,4-9,12H2,1-3H3,(H,21,24)(H,22,23). The first-order valence-electron chi connectivity index (χ1n) is 9.06. The van der Waals surface area contributed by atoms with Gasteiger partial charge in [-0.1, -0.05) is 11.6 Å². The van der Waals surface area contributed by atoms with E-state index in [2.05, 4.69) is 10.6 Å². The van der Waals surface area contributed by atoms with E-state index in [9.17, 15) is 9.59 Å². The Bertz CT molecular complexity index is 673. The lowest BCUT2D eigenvalue weighted by Gasteiger charge is -2.19. The van der Waals surface area contributed by atoms with Crippen molar-refractivity contribution < 1.29 is 23.8 Å². The smallest absolute Gasteiger partial charge is 0.407 e. The first kappa shape index (κ1) is 21.2. The van der Waals surface area contributed by atoms with Crippen molar-refractivity contribution in [3.8, 4) is 11.5 Å². The molecule has 1 aromatic rings. The number of carbonyl (C=O) groups is 2. The summed E-state index contributed by atoms with van der Waals surface area (Å²) in [6.07, 6.45) is 1.14. The molecule has 0 atom stereocenters. The van der Waals surface area contributed by atoms with Gasteiger partial charge in [-0.15, -0.1) is 0 Å². The van der Waals surface area contributed by atoms with Gasteiger partial charge in [-0.25, -0.2) is 4.79 Å². The summed E-state index contributed by atoms with van der Waals surface area (Å²) in [6, 6.07) is 3.59. The number of hydrogen-bond acceptors (Lipinski definition) is 5. The molecule has 2 rings (SSSR count). The van der Waals surface area contributed by atoms with E-state index >= 15 is 0 Å². The zero-order chi connectivity index (χ0) is 19.9. The molecule has 1 aliphatic rings. The molecule has 7 nitrogen and oxygen atoms in total. The average Bonchev–Trinajstić information content (AvgIpc) is 2.81. The number of alkyl carbamates (subject to hydrolysis) is 1. The van der Waals surface area contributed by atoms with Crippen molar-refractivity contribution >= 4 is 23.6 Å². The number of hydrogen-bond donors (Lipinski definition) is 2. The number of fused-ring (bicyclic) bond motifs is 1. The highest BCUT2D eigenvalue weighted by atomic mass is 35.5. The van der Waals surface area contributed by atoms with E-state index in [-0.39, 0.29) is 5.91 Å². The Labute approximate surface area is 164 Å². The largest absolute Gasteiger partial charge is 0.489 e. The SMILES string of the molecule is CC(C)(C)OC(=O)NCCCC(=O)NCc1cc(Cl)c2c(c1)OCCCO2. The van der Waals surface area contributed by atoms with Crippen LogP contribution in [-0.4, -0.2) is 37.4 Å². The lowest BCUT2D eigenvalue weighted by atomic mass is 10.2. The van der Waals surface area contributed by atoms with Gasteiger partial charge in [-0.2, -0.15) is 0 Å². The minimum atomic E-state index is -0.536. The molecule has 8 heteroatoms. The van der Waals surface area contributed by atoms with Crippen LogP contribution < -0.4 is 20.1 Å². The van der Waals surface area contributed by atoms with E-state index < -0.39 is 11.7 Å². The topological polar surface area (TPSA) is 85.9 Å². The molecule has 2 amide bonds. The van der Waals surface area contributed by atoms with E-state index in [0.717, 1.165) is 12.0 Å². The van der Waals surface area contributed by atoms with Gasteiger partial charge in [0.25, 0.3) is 0 Å². The average molecular weight is 399 g/mol. The number of rotatable bonds is 6. The van der Waals surface area contributed by atoms with Crippen molar-refractivity contribution in [2.24, 2.45) is 0 Å². The van der Waals surface area contributed by atoms with Crippen LogP contribution in [0, 0.1) is 0 Å². The number of carbonyl (C=O) groups excluding carboxylic acids is 2. The van der Waals surface area contributed by atoms with Crippen LogP contribution in [0.15, 0.2) is 12.1 Å². The van der Waals surface area contributed by atoms with Crippen LogP contribution in [0.2, 0.25) is 5.02 Å². The summed E-state index contributed by atoms with van der Waals surface area (Å²) < 4.78 is 16.4. The van der Waals surface area contributed by atoms with Gasteiger partial charge in [0.15, 0.2) is 11.5 Å². The van der Waals surface area contributed by atoms with Crippen molar-refractivity contribution in [2.45, 2.75) is 52.2 Å². The van der Waals surface area contributed by atoms with E-state index in [0.29, 0.717) is 55.7 Å². The Balaban J connectivity index is 1.72. The quantitative estimate of drug-likeness (QED) is 0.717. The number of nitrogens with one attached hydrogen (secondary N) is 2. The Morgan fingerprint density at radius 1 is 1.19 bits per heavy atom. The van der Waals surface area contributed by atoms with Gasteiger partial charge >= 0.3 is 6.09 Å². The summed E-state index contributed by atoms with van der Waals surface area (Å²) in [4.78, 5) is 23.5. The summed E-state index contributed by atoms with van der Waals surface area (Å²) in [5.74, 6) is 1.05. The van der Waals surface area contributed by atoms with E-state index in [1.165, 1.54) is 0 Å². The highest BCUT2D eigenvalue weighted by molar-refractivity contribution is 6.32. The summed E-state index contributed by atoms with van der Waals surface area (Å²) in [7, 11) is 0. The molecule has 0 aliphatic carbocycles. The summed E-state index contributed by atoms with van der Waals surface area (Å²) in [5.41, 5.74) is 0.301. The second-order valence-corrected chi connectivity index (χ2v) is 7.67. The lowest BCUT2D eigenvalue weighted by Crippen LogP contribution is -2.33. The fourth-order valence-corrected chi connectivity index (χ4v) is 2.72. The molecule has 0 saturated heterocycles. The zero-order valence-corrected chi connectivity index (χ0v) is 16.8. The van der Waals surface area contributed by atoms with Crippen LogP contribution in [0.1, 0.15) is 45.6 Å². The van der Waals surface area contributed by atoms with Gasteiger partial charge in [-0.3, -0.25) is 4.79 Å². The van der Waals surface area contributed by atoms with Crippen molar-refractivity contribution in [3.63, 3.8) is 0 Å². The van der Waals surface area contributed by atoms with Gasteiger partial charge in [0.2, 0.25) is 5.91 Å². The molecular formula is C19H27ClN2O5. The van der Waals surface area contributed by atoms with E-state index in [1.54, 1.807) is 26.8 Å². The third-order valence-electron chi connectivity index (χ3n) is 3.60. The predicted octanol–water partition coefficient (Wildman–Crippen LogP) is 3.42. The predicted molar refractivity (Wildman–Crippen MR) is 102 cm³/mol. The molecule has 0 unspecified atom stereocenters. The van der Waals surface area contributed by atoms with Crippen LogP contribution in [0.25, 0.3) is 0 Å². The van der Waals surface area contributed by atoms with Gasteiger partial charge < -0.3 is 24.8 Å². The molecule has 150 valence electrons.